The third-order valence-electron chi connectivity index (χ3n) is 4.94. The highest BCUT2D eigenvalue weighted by Gasteiger charge is 2.12. The smallest absolute Gasteiger partial charge is 0.171 e. The number of nitrogens with one attached hydrogen (secondary N) is 2. The number of anilines is 2. The molecule has 4 nitrogen and oxygen atoms in total. The summed E-state index contributed by atoms with van der Waals surface area (Å²) in [7, 11) is 0. The Morgan fingerprint density at radius 2 is 1.79 bits per heavy atom. The van der Waals surface area contributed by atoms with E-state index in [0.29, 0.717) is 11.7 Å². The summed E-state index contributed by atoms with van der Waals surface area (Å²) < 4.78 is 5.49. The number of rotatable bonds is 7. The van der Waals surface area contributed by atoms with Gasteiger partial charge in [-0.2, -0.15) is 0 Å². The molecule has 1 saturated heterocycles. The Balaban J connectivity index is 1.51. The van der Waals surface area contributed by atoms with Crippen LogP contribution in [0.25, 0.3) is 0 Å². The Morgan fingerprint density at radius 1 is 1.11 bits per heavy atom. The molecule has 1 heterocycles. The van der Waals surface area contributed by atoms with Gasteiger partial charge in [0, 0.05) is 24.5 Å². The molecule has 2 aromatic rings. The molecule has 0 amide bonds. The molecular weight excluding hydrogens is 366 g/mol. The normalized spacial score (nSPS) is 14.8. The van der Waals surface area contributed by atoms with Crippen molar-refractivity contribution in [3.8, 4) is 5.75 Å². The average Bonchev–Trinajstić information content (AvgIpc) is 2.74. The Kier molecular flexibility index (Phi) is 7.31. The van der Waals surface area contributed by atoms with Crippen LogP contribution in [0.15, 0.2) is 61.2 Å². The van der Waals surface area contributed by atoms with Crippen LogP contribution in [0.4, 0.5) is 11.4 Å². The molecule has 0 spiro atoms. The number of hydrogen-bond donors (Lipinski definition) is 2. The zero-order valence-corrected chi connectivity index (χ0v) is 17.3. The van der Waals surface area contributed by atoms with Gasteiger partial charge in [-0.3, -0.25) is 0 Å². The molecular formula is C23H29N3OS. The lowest BCUT2D eigenvalue weighted by Crippen LogP contribution is -2.31. The first-order valence-electron chi connectivity index (χ1n) is 9.92. The third kappa shape index (κ3) is 5.73. The standard InChI is InChI=1S/C23H29N3OS/c1-3-17-27-22-13-9-20(10-14-22)25-23(28)24-18(2)19-7-11-21(12-8-19)26-15-5-4-6-16-26/h3,7-14,18H,1,4-6,15-17H2,2H3,(H2,24,25,28)/t18-/m0/s1. The van der Waals surface area contributed by atoms with Gasteiger partial charge in [0.15, 0.2) is 5.11 Å². The van der Waals surface area contributed by atoms with Crippen molar-refractivity contribution in [2.75, 3.05) is 29.9 Å². The molecule has 148 valence electrons. The summed E-state index contributed by atoms with van der Waals surface area (Å²) in [6.45, 7) is 8.60. The highest BCUT2D eigenvalue weighted by atomic mass is 32.1. The van der Waals surface area contributed by atoms with Gasteiger partial charge in [0.1, 0.15) is 12.4 Å². The molecule has 1 aliphatic heterocycles. The first-order chi connectivity index (χ1) is 13.7. The van der Waals surface area contributed by atoms with Crippen molar-refractivity contribution in [3.05, 3.63) is 66.7 Å². The maximum atomic E-state index is 5.49. The number of hydrogen-bond acceptors (Lipinski definition) is 3. The number of nitrogens with zero attached hydrogens (tertiary/aromatic N) is 1. The molecule has 1 aliphatic rings. The van der Waals surface area contributed by atoms with E-state index in [1.54, 1.807) is 6.08 Å². The van der Waals surface area contributed by atoms with Crippen molar-refractivity contribution in [2.24, 2.45) is 0 Å². The van der Waals surface area contributed by atoms with Crippen LogP contribution in [0.2, 0.25) is 0 Å². The Bertz CT molecular complexity index is 767. The number of thiocarbonyl (C=S) groups is 1. The molecule has 0 aromatic heterocycles. The lowest BCUT2D eigenvalue weighted by Gasteiger charge is -2.29. The van der Waals surface area contributed by atoms with E-state index in [4.69, 9.17) is 17.0 Å². The molecule has 3 rings (SSSR count). The minimum Gasteiger partial charge on any atom is -0.490 e. The van der Waals surface area contributed by atoms with Crippen molar-refractivity contribution in [3.63, 3.8) is 0 Å². The fraction of sp³-hybridized carbons (Fsp3) is 0.348. The van der Waals surface area contributed by atoms with Crippen LogP contribution in [0.1, 0.15) is 37.8 Å². The van der Waals surface area contributed by atoms with Crippen LogP contribution < -0.4 is 20.3 Å². The summed E-state index contributed by atoms with van der Waals surface area (Å²) in [6.07, 6.45) is 5.66. The molecule has 0 aliphatic carbocycles. The molecule has 1 atom stereocenters. The van der Waals surface area contributed by atoms with Crippen LogP contribution in [-0.2, 0) is 0 Å². The van der Waals surface area contributed by atoms with Crippen molar-refractivity contribution in [2.45, 2.75) is 32.2 Å². The lowest BCUT2D eigenvalue weighted by atomic mass is 10.1. The summed E-state index contributed by atoms with van der Waals surface area (Å²) in [6, 6.07) is 16.7. The summed E-state index contributed by atoms with van der Waals surface area (Å²) in [5.41, 5.74) is 3.46. The first-order valence-corrected chi connectivity index (χ1v) is 10.3. The monoisotopic (exact) mass is 395 g/mol. The van der Waals surface area contributed by atoms with Gasteiger partial charge in [0.05, 0.1) is 6.04 Å². The van der Waals surface area contributed by atoms with Crippen LogP contribution in [-0.4, -0.2) is 24.8 Å². The topological polar surface area (TPSA) is 36.5 Å². The largest absolute Gasteiger partial charge is 0.490 e. The van der Waals surface area contributed by atoms with Crippen molar-refractivity contribution >= 4 is 28.7 Å². The zero-order valence-electron chi connectivity index (χ0n) is 16.5. The first kappa shape index (κ1) is 20.2. The molecule has 5 heteroatoms. The SMILES string of the molecule is C=CCOc1ccc(NC(=S)N[C@@H](C)c2ccc(N3CCCCC3)cc2)cc1. The Labute approximate surface area is 173 Å². The molecule has 2 aromatic carbocycles. The summed E-state index contributed by atoms with van der Waals surface area (Å²) in [4.78, 5) is 2.47. The number of benzene rings is 2. The lowest BCUT2D eigenvalue weighted by molar-refractivity contribution is 0.363. The molecule has 0 radical (unpaired) electrons. The molecule has 0 bridgehead atoms. The second kappa shape index (κ2) is 10.1. The maximum absolute atomic E-state index is 5.49. The fourth-order valence-electron chi connectivity index (χ4n) is 3.36. The van der Waals surface area contributed by atoms with Crippen molar-refractivity contribution in [1.82, 2.24) is 5.32 Å². The van der Waals surface area contributed by atoms with E-state index in [1.165, 1.54) is 43.6 Å². The van der Waals surface area contributed by atoms with E-state index in [0.717, 1.165) is 11.4 Å². The van der Waals surface area contributed by atoms with Crippen LogP contribution in [0.5, 0.6) is 5.75 Å². The van der Waals surface area contributed by atoms with Gasteiger partial charge >= 0.3 is 0 Å². The van der Waals surface area contributed by atoms with E-state index in [-0.39, 0.29) is 6.04 Å². The van der Waals surface area contributed by atoms with Crippen molar-refractivity contribution in [1.29, 1.82) is 0 Å². The van der Waals surface area contributed by atoms with Gasteiger partial charge in [0.25, 0.3) is 0 Å². The minimum absolute atomic E-state index is 0.130. The molecule has 2 N–H and O–H groups in total. The van der Waals surface area contributed by atoms with Gasteiger partial charge in [-0.25, -0.2) is 0 Å². The third-order valence-corrected chi connectivity index (χ3v) is 5.16. The summed E-state index contributed by atoms with van der Waals surface area (Å²) in [5, 5.41) is 7.18. The van der Waals surface area contributed by atoms with Crippen LogP contribution in [0.3, 0.4) is 0 Å². The van der Waals surface area contributed by atoms with Crippen molar-refractivity contribution < 1.29 is 4.74 Å². The Morgan fingerprint density at radius 3 is 2.43 bits per heavy atom. The molecule has 0 unspecified atom stereocenters. The van der Waals surface area contributed by atoms with Crippen LogP contribution in [0, 0.1) is 0 Å². The second-order valence-corrected chi connectivity index (χ2v) is 7.49. The van der Waals surface area contributed by atoms with Gasteiger partial charge in [-0.1, -0.05) is 24.8 Å². The number of ether oxygens (including phenoxy) is 1. The van der Waals surface area contributed by atoms with Gasteiger partial charge in [-0.05, 0) is 80.4 Å². The maximum Gasteiger partial charge on any atom is 0.171 e. The summed E-state index contributed by atoms with van der Waals surface area (Å²) in [5.74, 6) is 0.812. The van der Waals surface area contributed by atoms with E-state index in [1.807, 2.05) is 24.3 Å². The molecule has 0 saturated carbocycles. The van der Waals surface area contributed by atoms with E-state index < -0.39 is 0 Å². The fourth-order valence-corrected chi connectivity index (χ4v) is 3.66. The van der Waals surface area contributed by atoms with Gasteiger partial charge in [0.2, 0.25) is 0 Å². The van der Waals surface area contributed by atoms with E-state index in [2.05, 4.69) is 53.3 Å². The summed E-state index contributed by atoms with van der Waals surface area (Å²) >= 11 is 5.47. The quantitative estimate of drug-likeness (QED) is 0.492. The number of piperidine rings is 1. The molecule has 1 fully saturated rings. The Hall–Kier alpha value is -2.53. The van der Waals surface area contributed by atoms with E-state index >= 15 is 0 Å². The zero-order chi connectivity index (χ0) is 19.8. The predicted molar refractivity (Wildman–Crippen MR) is 122 cm³/mol. The van der Waals surface area contributed by atoms with E-state index in [9.17, 15) is 0 Å². The van der Waals surface area contributed by atoms with Gasteiger partial charge < -0.3 is 20.3 Å². The second-order valence-electron chi connectivity index (χ2n) is 7.08. The highest BCUT2D eigenvalue weighted by Crippen LogP contribution is 2.22. The molecule has 28 heavy (non-hydrogen) atoms. The average molecular weight is 396 g/mol. The highest BCUT2D eigenvalue weighted by molar-refractivity contribution is 7.80. The predicted octanol–water partition coefficient (Wildman–Crippen LogP) is 5.29. The van der Waals surface area contributed by atoms with Crippen LogP contribution >= 0.6 is 12.2 Å². The minimum atomic E-state index is 0.130. The van der Waals surface area contributed by atoms with Gasteiger partial charge in [-0.15, -0.1) is 0 Å².